The Bertz CT molecular complexity index is 857. The maximum Gasteiger partial charge on any atom is 0.274 e. The molecule has 0 atom stereocenters. The summed E-state index contributed by atoms with van der Waals surface area (Å²) >= 11 is 6.00. The molecular weight excluding hydrogens is 312 g/mol. The minimum absolute atomic E-state index is 0.0378. The second-order valence-electron chi connectivity index (χ2n) is 5.76. The maximum atomic E-state index is 12.9. The average Bonchev–Trinajstić information content (AvgIpc) is 3.32. The fourth-order valence-electron chi connectivity index (χ4n) is 2.66. The van der Waals surface area contributed by atoms with Gasteiger partial charge in [-0.15, -0.1) is 0 Å². The largest absolute Gasteiger partial charge is 0.330 e. The summed E-state index contributed by atoms with van der Waals surface area (Å²) in [6.07, 6.45) is 7.36. The zero-order chi connectivity index (χ0) is 15.8. The van der Waals surface area contributed by atoms with Gasteiger partial charge in [-0.25, -0.2) is 4.52 Å². The standard InChI is InChI=1S/C17H15ClN4O/c18-13-5-8-22-15(9-13)10-16(20-22)17(23)21(14-1-2-14)11-12-3-6-19-7-4-12/h3-10,14H,1-2,11H2. The molecule has 0 spiro atoms. The van der Waals surface area contributed by atoms with Gasteiger partial charge in [0.15, 0.2) is 5.69 Å². The van der Waals surface area contributed by atoms with Crippen LogP contribution in [0.15, 0.2) is 48.9 Å². The van der Waals surface area contributed by atoms with Crippen molar-refractivity contribution in [2.75, 3.05) is 0 Å². The van der Waals surface area contributed by atoms with Crippen molar-refractivity contribution in [1.82, 2.24) is 19.5 Å². The number of aromatic nitrogens is 3. The van der Waals surface area contributed by atoms with Gasteiger partial charge in [0.05, 0.1) is 5.52 Å². The van der Waals surface area contributed by atoms with Crippen LogP contribution in [0.4, 0.5) is 0 Å². The Labute approximate surface area is 138 Å². The fourth-order valence-corrected chi connectivity index (χ4v) is 2.82. The van der Waals surface area contributed by atoms with E-state index in [1.54, 1.807) is 41.3 Å². The maximum absolute atomic E-state index is 12.9. The quantitative estimate of drug-likeness (QED) is 0.740. The van der Waals surface area contributed by atoms with Crippen molar-refractivity contribution in [3.8, 4) is 0 Å². The van der Waals surface area contributed by atoms with E-state index in [0.717, 1.165) is 23.9 Å². The molecule has 0 radical (unpaired) electrons. The molecule has 23 heavy (non-hydrogen) atoms. The van der Waals surface area contributed by atoms with Crippen LogP contribution in [0.1, 0.15) is 28.9 Å². The van der Waals surface area contributed by atoms with Crippen LogP contribution in [0.3, 0.4) is 0 Å². The van der Waals surface area contributed by atoms with Crippen molar-refractivity contribution in [2.24, 2.45) is 0 Å². The van der Waals surface area contributed by atoms with E-state index >= 15 is 0 Å². The molecular formula is C17H15ClN4O. The Hall–Kier alpha value is -2.40. The second-order valence-corrected chi connectivity index (χ2v) is 6.20. The molecule has 1 saturated carbocycles. The Kier molecular flexibility index (Phi) is 3.50. The van der Waals surface area contributed by atoms with Gasteiger partial charge in [-0.3, -0.25) is 9.78 Å². The lowest BCUT2D eigenvalue weighted by atomic mass is 10.2. The molecule has 3 heterocycles. The first-order chi connectivity index (χ1) is 11.2. The van der Waals surface area contributed by atoms with Crippen LogP contribution in [0.5, 0.6) is 0 Å². The number of rotatable bonds is 4. The van der Waals surface area contributed by atoms with Gasteiger partial charge in [0.25, 0.3) is 5.91 Å². The number of amides is 1. The summed E-state index contributed by atoms with van der Waals surface area (Å²) in [5.41, 5.74) is 2.35. The molecule has 3 aromatic rings. The molecule has 4 rings (SSSR count). The molecule has 0 bridgehead atoms. The van der Waals surface area contributed by atoms with E-state index in [-0.39, 0.29) is 5.91 Å². The van der Waals surface area contributed by atoms with Crippen LogP contribution in [0.2, 0.25) is 5.02 Å². The van der Waals surface area contributed by atoms with Crippen molar-refractivity contribution in [2.45, 2.75) is 25.4 Å². The number of fused-ring (bicyclic) bond motifs is 1. The van der Waals surface area contributed by atoms with Crippen LogP contribution in [0.25, 0.3) is 5.52 Å². The van der Waals surface area contributed by atoms with Gasteiger partial charge in [-0.05, 0) is 48.7 Å². The summed E-state index contributed by atoms with van der Waals surface area (Å²) in [6.45, 7) is 0.584. The van der Waals surface area contributed by atoms with Crippen LogP contribution in [-0.2, 0) is 6.54 Å². The number of carbonyl (C=O) groups excluding carboxylic acids is 1. The summed E-state index contributed by atoms with van der Waals surface area (Å²) in [5.74, 6) is -0.0378. The van der Waals surface area contributed by atoms with Gasteiger partial charge < -0.3 is 4.90 Å². The van der Waals surface area contributed by atoms with E-state index in [4.69, 9.17) is 11.6 Å². The van der Waals surface area contributed by atoms with Crippen molar-refractivity contribution in [1.29, 1.82) is 0 Å². The summed E-state index contributed by atoms with van der Waals surface area (Å²) in [7, 11) is 0. The van der Waals surface area contributed by atoms with Gasteiger partial charge in [0.1, 0.15) is 0 Å². The van der Waals surface area contributed by atoms with Gasteiger partial charge >= 0.3 is 0 Å². The first-order valence-electron chi connectivity index (χ1n) is 7.55. The van der Waals surface area contributed by atoms with Gasteiger partial charge in [-0.1, -0.05) is 11.6 Å². The molecule has 0 saturated heterocycles. The number of halogens is 1. The van der Waals surface area contributed by atoms with Gasteiger partial charge in [0.2, 0.25) is 0 Å². The monoisotopic (exact) mass is 326 g/mol. The fraction of sp³-hybridized carbons (Fsp3) is 0.235. The number of hydrogen-bond acceptors (Lipinski definition) is 3. The third kappa shape index (κ3) is 2.92. The highest BCUT2D eigenvalue weighted by Gasteiger charge is 2.34. The molecule has 1 aliphatic carbocycles. The van der Waals surface area contributed by atoms with E-state index < -0.39 is 0 Å². The predicted molar refractivity (Wildman–Crippen MR) is 87.3 cm³/mol. The van der Waals surface area contributed by atoms with Crippen LogP contribution >= 0.6 is 11.6 Å². The first-order valence-corrected chi connectivity index (χ1v) is 7.93. The third-order valence-corrected chi connectivity index (χ3v) is 4.23. The number of nitrogens with zero attached hydrogens (tertiary/aromatic N) is 4. The average molecular weight is 327 g/mol. The van der Waals surface area contributed by atoms with Crippen molar-refractivity contribution >= 4 is 23.0 Å². The van der Waals surface area contributed by atoms with E-state index in [0.29, 0.717) is 23.3 Å². The summed E-state index contributed by atoms with van der Waals surface area (Å²) in [5, 5.41) is 5.01. The van der Waals surface area contributed by atoms with E-state index in [2.05, 4.69) is 10.1 Å². The SMILES string of the molecule is O=C(c1cc2cc(Cl)ccn2n1)N(Cc1ccncc1)C1CC1. The molecule has 1 fully saturated rings. The second kappa shape index (κ2) is 5.66. The minimum Gasteiger partial charge on any atom is -0.330 e. The van der Waals surface area contributed by atoms with Crippen molar-refractivity contribution < 1.29 is 4.79 Å². The zero-order valence-corrected chi connectivity index (χ0v) is 13.1. The highest BCUT2D eigenvalue weighted by atomic mass is 35.5. The topological polar surface area (TPSA) is 50.5 Å². The number of pyridine rings is 2. The lowest BCUT2D eigenvalue weighted by Gasteiger charge is -2.21. The highest BCUT2D eigenvalue weighted by molar-refractivity contribution is 6.30. The molecule has 3 aromatic heterocycles. The molecule has 0 aliphatic heterocycles. The Balaban J connectivity index is 1.63. The van der Waals surface area contributed by atoms with Gasteiger partial charge in [-0.2, -0.15) is 5.10 Å². The molecule has 5 nitrogen and oxygen atoms in total. The molecule has 6 heteroatoms. The summed E-state index contributed by atoms with van der Waals surface area (Å²) < 4.78 is 1.68. The molecule has 116 valence electrons. The first kappa shape index (κ1) is 14.2. The molecule has 0 unspecified atom stereocenters. The molecule has 0 aromatic carbocycles. The molecule has 1 amide bonds. The van der Waals surface area contributed by atoms with E-state index in [1.165, 1.54) is 0 Å². The summed E-state index contributed by atoms with van der Waals surface area (Å²) in [4.78, 5) is 18.8. The smallest absolute Gasteiger partial charge is 0.274 e. The highest BCUT2D eigenvalue weighted by Crippen LogP contribution is 2.30. The Morgan fingerprint density at radius 1 is 1.26 bits per heavy atom. The third-order valence-electron chi connectivity index (χ3n) is 4.00. The minimum atomic E-state index is -0.0378. The molecule has 0 N–H and O–H groups in total. The summed E-state index contributed by atoms with van der Waals surface area (Å²) in [6, 6.07) is 9.53. The predicted octanol–water partition coefficient (Wildman–Crippen LogP) is 3.19. The lowest BCUT2D eigenvalue weighted by Crippen LogP contribution is -2.32. The van der Waals surface area contributed by atoms with E-state index in [9.17, 15) is 4.79 Å². The van der Waals surface area contributed by atoms with Crippen LogP contribution in [0, 0.1) is 0 Å². The Morgan fingerprint density at radius 3 is 2.78 bits per heavy atom. The van der Waals surface area contributed by atoms with Crippen LogP contribution < -0.4 is 0 Å². The zero-order valence-electron chi connectivity index (χ0n) is 12.4. The normalized spacial score (nSPS) is 14.1. The van der Waals surface area contributed by atoms with Crippen molar-refractivity contribution in [3.63, 3.8) is 0 Å². The van der Waals surface area contributed by atoms with Gasteiger partial charge in [0, 0.05) is 36.2 Å². The molecule has 1 aliphatic rings. The number of carbonyl (C=O) groups is 1. The van der Waals surface area contributed by atoms with Crippen LogP contribution in [-0.4, -0.2) is 31.4 Å². The number of hydrogen-bond donors (Lipinski definition) is 0. The van der Waals surface area contributed by atoms with E-state index in [1.807, 2.05) is 17.0 Å². The lowest BCUT2D eigenvalue weighted by molar-refractivity contribution is 0.0723. The Morgan fingerprint density at radius 2 is 2.04 bits per heavy atom. The van der Waals surface area contributed by atoms with Crippen molar-refractivity contribution in [3.05, 3.63) is 65.2 Å².